The highest BCUT2D eigenvalue weighted by atomic mass is 35.5. The van der Waals surface area contributed by atoms with Gasteiger partial charge in [-0.25, -0.2) is 0 Å². The summed E-state index contributed by atoms with van der Waals surface area (Å²) in [6.45, 7) is 8.63. The van der Waals surface area contributed by atoms with Gasteiger partial charge in [-0.1, -0.05) is 42.5 Å². The number of nitrogens with zero attached hydrogens (tertiary/aromatic N) is 1. The van der Waals surface area contributed by atoms with E-state index in [9.17, 15) is 0 Å². The van der Waals surface area contributed by atoms with E-state index in [2.05, 4.69) is 41.1 Å². The maximum Gasteiger partial charge on any atom is 0.161 e. The van der Waals surface area contributed by atoms with Crippen LogP contribution < -0.4 is 14.8 Å². The molecule has 1 aliphatic heterocycles. The van der Waals surface area contributed by atoms with E-state index in [1.165, 1.54) is 5.56 Å². The van der Waals surface area contributed by atoms with Crippen LogP contribution in [-0.2, 0) is 6.61 Å². The molecular weight excluding hydrogens is 395 g/mol. The second kappa shape index (κ2) is 12.7. The summed E-state index contributed by atoms with van der Waals surface area (Å²) in [5, 5.41) is 3.42. The fourth-order valence-electron chi connectivity index (χ4n) is 3.40. The quantitative estimate of drug-likeness (QED) is 0.625. The van der Waals surface area contributed by atoms with Crippen LogP contribution in [0.25, 0.3) is 0 Å². The van der Waals surface area contributed by atoms with Crippen molar-refractivity contribution in [2.24, 2.45) is 0 Å². The fourth-order valence-corrected chi connectivity index (χ4v) is 3.40. The molecule has 3 rings (SSSR count). The molecule has 1 N–H and O–H groups in total. The molecule has 154 valence electrons. The van der Waals surface area contributed by atoms with Crippen LogP contribution in [0.4, 0.5) is 0 Å². The molecule has 0 aromatic heterocycles. The van der Waals surface area contributed by atoms with Crippen LogP contribution in [-0.4, -0.2) is 38.2 Å². The number of piperazine rings is 1. The van der Waals surface area contributed by atoms with Crippen LogP contribution >= 0.6 is 24.8 Å². The van der Waals surface area contributed by atoms with Gasteiger partial charge in [-0.15, -0.1) is 31.4 Å². The molecule has 1 heterocycles. The average molecular weight is 425 g/mol. The predicted octanol–water partition coefficient (Wildman–Crippen LogP) is 4.64. The third-order valence-corrected chi connectivity index (χ3v) is 4.79. The molecule has 0 radical (unpaired) electrons. The number of rotatable bonds is 8. The SMILES string of the molecule is C=CC[C@@H](c1ccc(OC)c(OCc2ccccc2)c1)N1CCNCC1.Cl.Cl. The molecule has 2 aromatic rings. The summed E-state index contributed by atoms with van der Waals surface area (Å²) in [6.07, 6.45) is 2.92. The van der Waals surface area contributed by atoms with E-state index in [1.807, 2.05) is 30.3 Å². The van der Waals surface area contributed by atoms with Crippen molar-refractivity contribution in [1.82, 2.24) is 10.2 Å². The van der Waals surface area contributed by atoms with Gasteiger partial charge in [-0.3, -0.25) is 4.90 Å². The summed E-state index contributed by atoms with van der Waals surface area (Å²) in [7, 11) is 1.68. The normalized spacial score (nSPS) is 14.9. The Morgan fingerprint density at radius 3 is 2.43 bits per heavy atom. The molecule has 0 bridgehead atoms. The fraction of sp³-hybridized carbons (Fsp3) is 0.364. The number of methoxy groups -OCH3 is 1. The molecule has 0 saturated carbocycles. The molecule has 0 unspecified atom stereocenters. The van der Waals surface area contributed by atoms with Crippen molar-refractivity contribution < 1.29 is 9.47 Å². The Morgan fingerprint density at radius 2 is 1.79 bits per heavy atom. The van der Waals surface area contributed by atoms with Crippen molar-refractivity contribution in [3.63, 3.8) is 0 Å². The van der Waals surface area contributed by atoms with E-state index in [0.717, 1.165) is 49.7 Å². The zero-order valence-electron chi connectivity index (χ0n) is 16.3. The minimum absolute atomic E-state index is 0. The molecular formula is C22H30Cl2N2O2. The molecule has 0 aliphatic carbocycles. The summed E-state index contributed by atoms with van der Waals surface area (Å²) in [4.78, 5) is 2.51. The van der Waals surface area contributed by atoms with Gasteiger partial charge in [0.05, 0.1) is 7.11 Å². The van der Waals surface area contributed by atoms with E-state index in [4.69, 9.17) is 9.47 Å². The Balaban J connectivity index is 0.00000196. The van der Waals surface area contributed by atoms with E-state index in [0.29, 0.717) is 12.6 Å². The van der Waals surface area contributed by atoms with Gasteiger partial charge in [0.1, 0.15) is 6.61 Å². The number of ether oxygens (including phenoxy) is 2. The molecule has 1 atom stereocenters. The summed E-state index contributed by atoms with van der Waals surface area (Å²) >= 11 is 0. The summed E-state index contributed by atoms with van der Waals surface area (Å²) in [6, 6.07) is 16.8. The standard InChI is InChI=1S/C22H28N2O2.2ClH/c1-3-7-20(24-14-12-23-13-15-24)19-10-11-21(25-2)22(16-19)26-17-18-8-5-4-6-9-18;;/h3-6,8-11,16,20,23H,1,7,12-15,17H2,2H3;2*1H/t20-;;/m0../s1. The molecule has 4 nitrogen and oxygen atoms in total. The van der Waals surface area contributed by atoms with Gasteiger partial charge in [0.15, 0.2) is 11.5 Å². The van der Waals surface area contributed by atoms with E-state index in [-0.39, 0.29) is 24.8 Å². The number of nitrogens with one attached hydrogen (secondary N) is 1. The summed E-state index contributed by atoms with van der Waals surface area (Å²) in [5.74, 6) is 1.56. The van der Waals surface area contributed by atoms with Crippen LogP contribution in [0, 0.1) is 0 Å². The number of benzene rings is 2. The van der Waals surface area contributed by atoms with Crippen molar-refractivity contribution in [2.75, 3.05) is 33.3 Å². The van der Waals surface area contributed by atoms with Crippen molar-refractivity contribution in [1.29, 1.82) is 0 Å². The van der Waals surface area contributed by atoms with Gasteiger partial charge in [-0.2, -0.15) is 0 Å². The Bertz CT molecular complexity index is 707. The molecule has 1 fully saturated rings. The molecule has 6 heteroatoms. The maximum absolute atomic E-state index is 6.09. The second-order valence-electron chi connectivity index (χ2n) is 6.51. The zero-order chi connectivity index (χ0) is 18.2. The van der Waals surface area contributed by atoms with Gasteiger partial charge in [0, 0.05) is 32.2 Å². The van der Waals surface area contributed by atoms with Gasteiger partial charge < -0.3 is 14.8 Å². The highest BCUT2D eigenvalue weighted by Gasteiger charge is 2.22. The van der Waals surface area contributed by atoms with Gasteiger partial charge in [0.25, 0.3) is 0 Å². The molecule has 0 amide bonds. The molecule has 2 aromatic carbocycles. The summed E-state index contributed by atoms with van der Waals surface area (Å²) in [5.41, 5.74) is 2.39. The van der Waals surface area contributed by atoms with E-state index in [1.54, 1.807) is 7.11 Å². The molecule has 28 heavy (non-hydrogen) atoms. The molecule has 1 saturated heterocycles. The minimum atomic E-state index is 0. The lowest BCUT2D eigenvalue weighted by Crippen LogP contribution is -2.45. The number of hydrogen-bond donors (Lipinski definition) is 1. The second-order valence-corrected chi connectivity index (χ2v) is 6.51. The van der Waals surface area contributed by atoms with Crippen LogP contribution in [0.1, 0.15) is 23.6 Å². The first-order valence-corrected chi connectivity index (χ1v) is 9.22. The maximum atomic E-state index is 6.09. The minimum Gasteiger partial charge on any atom is -0.493 e. The Hall–Kier alpha value is -1.72. The average Bonchev–Trinajstić information content (AvgIpc) is 2.71. The van der Waals surface area contributed by atoms with Gasteiger partial charge >= 0.3 is 0 Å². The smallest absolute Gasteiger partial charge is 0.161 e. The third kappa shape index (κ3) is 6.42. The van der Waals surface area contributed by atoms with Crippen LogP contribution in [0.15, 0.2) is 61.2 Å². The van der Waals surface area contributed by atoms with E-state index < -0.39 is 0 Å². The lowest BCUT2D eigenvalue weighted by Gasteiger charge is -2.35. The first-order valence-electron chi connectivity index (χ1n) is 9.22. The number of halogens is 2. The Kier molecular flexibility index (Phi) is 11.0. The van der Waals surface area contributed by atoms with Crippen molar-refractivity contribution in [3.05, 3.63) is 72.3 Å². The van der Waals surface area contributed by atoms with Crippen molar-refractivity contribution in [2.45, 2.75) is 19.1 Å². The van der Waals surface area contributed by atoms with Crippen LogP contribution in [0.3, 0.4) is 0 Å². The molecule has 0 spiro atoms. The van der Waals surface area contributed by atoms with Gasteiger partial charge in [0.2, 0.25) is 0 Å². The topological polar surface area (TPSA) is 33.7 Å². The van der Waals surface area contributed by atoms with Gasteiger partial charge in [-0.05, 0) is 29.7 Å². The van der Waals surface area contributed by atoms with Crippen LogP contribution in [0.5, 0.6) is 11.5 Å². The third-order valence-electron chi connectivity index (χ3n) is 4.79. The van der Waals surface area contributed by atoms with Crippen molar-refractivity contribution >= 4 is 24.8 Å². The Labute approximate surface area is 180 Å². The predicted molar refractivity (Wildman–Crippen MR) is 120 cm³/mol. The van der Waals surface area contributed by atoms with Crippen molar-refractivity contribution in [3.8, 4) is 11.5 Å². The molecule has 1 aliphatic rings. The zero-order valence-corrected chi connectivity index (χ0v) is 17.9. The first-order chi connectivity index (χ1) is 12.8. The summed E-state index contributed by atoms with van der Waals surface area (Å²) < 4.78 is 11.6. The monoisotopic (exact) mass is 424 g/mol. The lowest BCUT2D eigenvalue weighted by molar-refractivity contribution is 0.174. The Morgan fingerprint density at radius 1 is 1.07 bits per heavy atom. The van der Waals surface area contributed by atoms with Crippen LogP contribution in [0.2, 0.25) is 0 Å². The highest BCUT2D eigenvalue weighted by molar-refractivity contribution is 5.85. The largest absolute Gasteiger partial charge is 0.493 e. The van der Waals surface area contributed by atoms with E-state index >= 15 is 0 Å². The lowest BCUT2D eigenvalue weighted by atomic mass is 10.0. The first kappa shape index (κ1) is 24.3. The number of hydrogen-bond acceptors (Lipinski definition) is 4. The highest BCUT2D eigenvalue weighted by Crippen LogP contribution is 2.34.